The van der Waals surface area contributed by atoms with Crippen molar-refractivity contribution in [3.05, 3.63) is 29.8 Å². The topological polar surface area (TPSA) is 12.0 Å². The number of aryl methyl sites for hydroxylation is 1. The van der Waals surface area contributed by atoms with E-state index in [1.807, 2.05) is 0 Å². The second kappa shape index (κ2) is 7.33. The second-order valence-electron chi connectivity index (χ2n) is 4.08. The number of unbranched alkanes of at least 4 members (excludes halogenated alkanes) is 2. The maximum atomic E-state index is 3.39. The van der Waals surface area contributed by atoms with E-state index >= 15 is 0 Å². The lowest BCUT2D eigenvalue weighted by Gasteiger charge is -2.06. The Hall–Kier alpha value is -0.980. The van der Waals surface area contributed by atoms with Crippen LogP contribution in [0.1, 0.15) is 45.1 Å². The van der Waals surface area contributed by atoms with E-state index in [0.717, 1.165) is 6.54 Å². The molecule has 0 atom stereocenters. The summed E-state index contributed by atoms with van der Waals surface area (Å²) in [5.41, 5.74) is 2.71. The molecule has 0 saturated heterocycles. The van der Waals surface area contributed by atoms with Gasteiger partial charge in [0.2, 0.25) is 0 Å². The van der Waals surface area contributed by atoms with Gasteiger partial charge in [0.1, 0.15) is 0 Å². The fourth-order valence-electron chi connectivity index (χ4n) is 1.64. The molecule has 15 heavy (non-hydrogen) atoms. The highest BCUT2D eigenvalue weighted by molar-refractivity contribution is 5.44. The first-order valence-electron chi connectivity index (χ1n) is 6.19. The number of rotatable bonds is 7. The van der Waals surface area contributed by atoms with Crippen LogP contribution in [0, 0.1) is 0 Å². The molecule has 1 rings (SSSR count). The maximum absolute atomic E-state index is 3.39. The Bertz CT molecular complexity index is 251. The molecule has 1 aromatic carbocycles. The van der Waals surface area contributed by atoms with Crippen LogP contribution in [0.25, 0.3) is 0 Å². The summed E-state index contributed by atoms with van der Waals surface area (Å²) in [6.07, 6.45) is 6.37. The largest absolute Gasteiger partial charge is 0.385 e. The number of hydrogen-bond donors (Lipinski definition) is 1. The van der Waals surface area contributed by atoms with Gasteiger partial charge in [-0.1, -0.05) is 38.8 Å². The Morgan fingerprint density at radius 1 is 0.933 bits per heavy atom. The van der Waals surface area contributed by atoms with Gasteiger partial charge in [-0.2, -0.15) is 0 Å². The number of anilines is 1. The Labute approximate surface area is 93.9 Å². The van der Waals surface area contributed by atoms with Gasteiger partial charge in [-0.25, -0.2) is 0 Å². The second-order valence-corrected chi connectivity index (χ2v) is 4.08. The van der Waals surface area contributed by atoms with Gasteiger partial charge in [-0.05, 0) is 37.0 Å². The summed E-state index contributed by atoms with van der Waals surface area (Å²) < 4.78 is 0. The SMILES string of the molecule is CCCCCc1ccc(NCCC)cc1. The zero-order chi connectivity index (χ0) is 10.9. The molecule has 1 nitrogen and oxygen atoms in total. The van der Waals surface area contributed by atoms with Crippen LogP contribution in [0.2, 0.25) is 0 Å². The van der Waals surface area contributed by atoms with Gasteiger partial charge in [0, 0.05) is 12.2 Å². The third kappa shape index (κ3) is 4.87. The minimum atomic E-state index is 1.06. The average Bonchev–Trinajstić information content (AvgIpc) is 2.28. The first kappa shape index (κ1) is 12.1. The first-order valence-corrected chi connectivity index (χ1v) is 6.19. The molecule has 0 spiro atoms. The van der Waals surface area contributed by atoms with Crippen LogP contribution in [0.4, 0.5) is 5.69 Å². The molecule has 0 fully saturated rings. The number of nitrogens with one attached hydrogen (secondary N) is 1. The Morgan fingerprint density at radius 3 is 2.27 bits per heavy atom. The summed E-state index contributed by atoms with van der Waals surface area (Å²) in [7, 11) is 0. The Morgan fingerprint density at radius 2 is 1.67 bits per heavy atom. The molecule has 0 radical (unpaired) electrons. The summed E-state index contributed by atoms with van der Waals surface area (Å²) in [5.74, 6) is 0. The van der Waals surface area contributed by atoms with Crippen molar-refractivity contribution in [3.8, 4) is 0 Å². The lowest BCUT2D eigenvalue weighted by atomic mass is 10.1. The van der Waals surface area contributed by atoms with Crippen molar-refractivity contribution in [2.75, 3.05) is 11.9 Å². The van der Waals surface area contributed by atoms with Crippen molar-refractivity contribution in [1.82, 2.24) is 0 Å². The van der Waals surface area contributed by atoms with E-state index in [9.17, 15) is 0 Å². The zero-order valence-corrected chi connectivity index (χ0v) is 10.1. The fraction of sp³-hybridized carbons (Fsp3) is 0.571. The van der Waals surface area contributed by atoms with E-state index in [2.05, 4.69) is 43.4 Å². The third-order valence-electron chi connectivity index (χ3n) is 2.60. The predicted octanol–water partition coefficient (Wildman–Crippen LogP) is 4.24. The molecule has 0 aliphatic carbocycles. The summed E-state index contributed by atoms with van der Waals surface area (Å²) in [6.45, 7) is 5.50. The Balaban J connectivity index is 2.35. The van der Waals surface area contributed by atoms with Gasteiger partial charge in [0.05, 0.1) is 0 Å². The van der Waals surface area contributed by atoms with Crippen molar-refractivity contribution in [2.24, 2.45) is 0 Å². The van der Waals surface area contributed by atoms with Gasteiger partial charge in [0.25, 0.3) is 0 Å². The van der Waals surface area contributed by atoms with Gasteiger partial charge >= 0.3 is 0 Å². The fourth-order valence-corrected chi connectivity index (χ4v) is 1.64. The van der Waals surface area contributed by atoms with Gasteiger partial charge in [0.15, 0.2) is 0 Å². The van der Waals surface area contributed by atoms with Crippen molar-refractivity contribution >= 4 is 5.69 Å². The van der Waals surface area contributed by atoms with Gasteiger partial charge in [-0.3, -0.25) is 0 Å². The van der Waals surface area contributed by atoms with Crippen molar-refractivity contribution in [2.45, 2.75) is 46.0 Å². The molecule has 1 N–H and O–H groups in total. The van der Waals surface area contributed by atoms with E-state index in [1.54, 1.807) is 0 Å². The molecule has 0 aromatic heterocycles. The minimum Gasteiger partial charge on any atom is -0.385 e. The molecule has 0 unspecified atom stereocenters. The summed E-state index contributed by atoms with van der Waals surface area (Å²) >= 11 is 0. The molecule has 0 aliphatic rings. The molecule has 0 saturated carbocycles. The van der Waals surface area contributed by atoms with E-state index < -0.39 is 0 Å². The lowest BCUT2D eigenvalue weighted by Crippen LogP contribution is -1.99. The van der Waals surface area contributed by atoms with E-state index in [1.165, 1.54) is 43.4 Å². The van der Waals surface area contributed by atoms with Gasteiger partial charge in [-0.15, -0.1) is 0 Å². The van der Waals surface area contributed by atoms with Crippen LogP contribution in [0.5, 0.6) is 0 Å². The standard InChI is InChI=1S/C14H23N/c1-3-5-6-7-13-8-10-14(11-9-13)15-12-4-2/h8-11,15H,3-7,12H2,1-2H3. The van der Waals surface area contributed by atoms with E-state index in [0.29, 0.717) is 0 Å². The van der Waals surface area contributed by atoms with Crippen LogP contribution < -0.4 is 5.32 Å². The zero-order valence-electron chi connectivity index (χ0n) is 10.1. The highest BCUT2D eigenvalue weighted by Gasteiger charge is 1.94. The number of benzene rings is 1. The molecule has 0 heterocycles. The first-order chi connectivity index (χ1) is 7.36. The van der Waals surface area contributed by atoms with E-state index in [-0.39, 0.29) is 0 Å². The molecule has 84 valence electrons. The average molecular weight is 205 g/mol. The smallest absolute Gasteiger partial charge is 0.0340 e. The summed E-state index contributed by atoms with van der Waals surface area (Å²) in [5, 5.41) is 3.39. The van der Waals surface area contributed by atoms with Crippen molar-refractivity contribution in [3.63, 3.8) is 0 Å². The molecular formula is C14H23N. The van der Waals surface area contributed by atoms with Crippen LogP contribution in [-0.4, -0.2) is 6.54 Å². The molecule has 0 bridgehead atoms. The summed E-state index contributed by atoms with van der Waals surface area (Å²) in [6, 6.07) is 8.87. The molecule has 1 aromatic rings. The Kier molecular flexibility index (Phi) is 5.91. The van der Waals surface area contributed by atoms with Crippen molar-refractivity contribution in [1.29, 1.82) is 0 Å². The molecule has 0 amide bonds. The summed E-state index contributed by atoms with van der Waals surface area (Å²) in [4.78, 5) is 0. The third-order valence-corrected chi connectivity index (χ3v) is 2.60. The van der Waals surface area contributed by atoms with E-state index in [4.69, 9.17) is 0 Å². The molecule has 0 aliphatic heterocycles. The minimum absolute atomic E-state index is 1.06. The van der Waals surface area contributed by atoms with Gasteiger partial charge < -0.3 is 5.32 Å². The maximum Gasteiger partial charge on any atom is 0.0340 e. The monoisotopic (exact) mass is 205 g/mol. The van der Waals surface area contributed by atoms with Crippen LogP contribution >= 0.6 is 0 Å². The molecular weight excluding hydrogens is 182 g/mol. The predicted molar refractivity (Wildman–Crippen MR) is 68.5 cm³/mol. The van der Waals surface area contributed by atoms with Crippen LogP contribution in [0.3, 0.4) is 0 Å². The molecule has 1 heteroatoms. The highest BCUT2D eigenvalue weighted by atomic mass is 14.9. The van der Waals surface area contributed by atoms with Crippen molar-refractivity contribution < 1.29 is 0 Å². The number of hydrogen-bond acceptors (Lipinski definition) is 1. The quantitative estimate of drug-likeness (QED) is 0.656. The van der Waals surface area contributed by atoms with Crippen LogP contribution in [0.15, 0.2) is 24.3 Å². The van der Waals surface area contributed by atoms with Crippen LogP contribution in [-0.2, 0) is 6.42 Å². The highest BCUT2D eigenvalue weighted by Crippen LogP contribution is 2.12. The lowest BCUT2D eigenvalue weighted by molar-refractivity contribution is 0.717. The normalized spacial score (nSPS) is 10.3.